The maximum absolute atomic E-state index is 6.81. The van der Waals surface area contributed by atoms with Crippen molar-refractivity contribution in [1.29, 1.82) is 0 Å². The van der Waals surface area contributed by atoms with Gasteiger partial charge in [0.15, 0.2) is 0 Å². The molecule has 0 aliphatic carbocycles. The van der Waals surface area contributed by atoms with Gasteiger partial charge in [0.05, 0.1) is 0 Å². The van der Waals surface area contributed by atoms with Gasteiger partial charge in [-0.15, -0.1) is 0 Å². The maximum atomic E-state index is 6.81. The Kier molecular flexibility index (Phi) is 5.23. The van der Waals surface area contributed by atoms with Crippen molar-refractivity contribution in [3.63, 3.8) is 0 Å². The Morgan fingerprint density at radius 1 is 0.415 bits per heavy atom. The second kappa shape index (κ2) is 8.89. The number of rotatable bonds is 4. The summed E-state index contributed by atoms with van der Waals surface area (Å²) in [5, 5.41) is 2.53. The van der Waals surface area contributed by atoms with E-state index >= 15 is 0 Å². The Morgan fingerprint density at radius 2 is 0.829 bits per heavy atom. The first-order chi connectivity index (χ1) is 20.1. The van der Waals surface area contributed by atoms with E-state index in [1.54, 1.807) is 0 Å². The van der Waals surface area contributed by atoms with Gasteiger partial charge >= 0.3 is 0 Å². The van der Waals surface area contributed by atoms with Crippen LogP contribution in [-0.2, 0) is 15.9 Å². The van der Waals surface area contributed by atoms with Crippen LogP contribution in [0, 0.1) is 0 Å². The first kappa shape index (κ1) is 24.1. The molecule has 8 rings (SSSR count). The zero-order valence-electron chi connectivity index (χ0n) is 23.3. The molecule has 0 amide bonds. The van der Waals surface area contributed by atoms with Crippen molar-refractivity contribution >= 4 is 10.8 Å². The molecule has 2 aliphatic rings. The molecule has 2 bridgehead atoms. The number of fused-ring (bicyclic) bond motifs is 7. The maximum Gasteiger partial charge on any atom is 0.111 e. The molecule has 2 unspecified atom stereocenters. The molecule has 0 saturated carbocycles. The average molecular weight is 527 g/mol. The van der Waals surface area contributed by atoms with Gasteiger partial charge in [0.2, 0.25) is 0 Å². The minimum Gasteiger partial charge on any atom is -0.351 e. The van der Waals surface area contributed by atoms with Crippen LogP contribution in [0.25, 0.3) is 55.3 Å². The Hall–Kier alpha value is -4.72. The lowest BCUT2D eigenvalue weighted by Crippen LogP contribution is -2.17. The van der Waals surface area contributed by atoms with Crippen molar-refractivity contribution in [2.45, 2.75) is 25.0 Å². The molecule has 0 fully saturated rings. The first-order valence-electron chi connectivity index (χ1n) is 14.4. The zero-order valence-corrected chi connectivity index (χ0v) is 23.3. The molecule has 6 aromatic rings. The topological polar surface area (TPSA) is 9.23 Å². The fourth-order valence-electron chi connectivity index (χ4n) is 7.20. The number of ether oxygens (including phenoxy) is 1. The monoisotopic (exact) mass is 526 g/mol. The van der Waals surface area contributed by atoms with Crippen molar-refractivity contribution in [3.8, 4) is 44.5 Å². The molecule has 2 heterocycles. The summed E-state index contributed by atoms with van der Waals surface area (Å²) in [6.07, 6.45) is 4.50. The van der Waals surface area contributed by atoms with E-state index in [1.807, 2.05) is 0 Å². The minimum atomic E-state index is -0.497. The van der Waals surface area contributed by atoms with Crippen molar-refractivity contribution in [2.24, 2.45) is 0 Å². The molecule has 0 aromatic heterocycles. The van der Waals surface area contributed by atoms with E-state index in [1.165, 1.54) is 66.4 Å². The van der Waals surface area contributed by atoms with Gasteiger partial charge in [-0.25, -0.2) is 0 Å². The summed E-state index contributed by atoms with van der Waals surface area (Å²) in [6, 6.07) is 48.2. The molecule has 0 radical (unpaired) electrons. The third kappa shape index (κ3) is 3.53. The summed E-state index contributed by atoms with van der Waals surface area (Å²) < 4.78 is 6.81. The van der Waals surface area contributed by atoms with Gasteiger partial charge < -0.3 is 4.74 Å². The van der Waals surface area contributed by atoms with Crippen LogP contribution >= 0.6 is 0 Å². The van der Waals surface area contributed by atoms with E-state index in [4.69, 9.17) is 4.74 Å². The molecule has 0 saturated heterocycles. The van der Waals surface area contributed by atoms with Crippen molar-refractivity contribution in [2.75, 3.05) is 0 Å². The number of benzene rings is 6. The predicted octanol–water partition coefficient (Wildman–Crippen LogP) is 10.5. The smallest absolute Gasteiger partial charge is 0.111 e. The van der Waals surface area contributed by atoms with E-state index in [-0.39, 0.29) is 0 Å². The molecule has 2 aliphatic heterocycles. The van der Waals surface area contributed by atoms with Crippen LogP contribution in [0.15, 0.2) is 146 Å². The van der Waals surface area contributed by atoms with Crippen molar-refractivity contribution < 1.29 is 4.74 Å². The lowest BCUT2D eigenvalue weighted by Gasteiger charge is -2.28. The Bertz CT molecular complexity index is 1960. The van der Waals surface area contributed by atoms with E-state index in [2.05, 4.69) is 159 Å². The van der Waals surface area contributed by atoms with Crippen LogP contribution < -0.4 is 0 Å². The molecule has 1 nitrogen and oxygen atoms in total. The van der Waals surface area contributed by atoms with Crippen molar-refractivity contribution in [1.82, 2.24) is 0 Å². The number of hydrogen-bond donors (Lipinski definition) is 0. The van der Waals surface area contributed by atoms with Gasteiger partial charge in [0, 0.05) is 5.56 Å². The van der Waals surface area contributed by atoms with Crippen LogP contribution in [0.1, 0.15) is 25.0 Å². The summed E-state index contributed by atoms with van der Waals surface area (Å²) in [5.41, 5.74) is 11.5. The largest absolute Gasteiger partial charge is 0.351 e. The molecule has 1 heteroatoms. The van der Waals surface area contributed by atoms with E-state index in [0.717, 1.165) is 0 Å². The van der Waals surface area contributed by atoms with Gasteiger partial charge in [-0.05, 0) is 86.8 Å². The fraction of sp³-hybridized carbons (Fsp3) is 0.100. The van der Waals surface area contributed by atoms with Gasteiger partial charge in [-0.2, -0.15) is 0 Å². The molecular formula is C40H30O. The lowest BCUT2D eigenvalue weighted by atomic mass is 9.73. The molecule has 0 spiro atoms. The minimum absolute atomic E-state index is 0.426. The average Bonchev–Trinajstić information content (AvgIpc) is 3.48. The quantitative estimate of drug-likeness (QED) is 0.208. The second-order valence-electron chi connectivity index (χ2n) is 11.5. The van der Waals surface area contributed by atoms with Crippen LogP contribution in [0.5, 0.6) is 0 Å². The SMILES string of the molecule is CC12C=CC(C)(O1)c1c2ccc2c(-c3ccccc3)c(-c3ccccc3)c(-c3ccccc3)c(-c3ccccc3)c12. The highest BCUT2D eigenvalue weighted by molar-refractivity contribution is 6.19. The molecule has 41 heavy (non-hydrogen) atoms. The normalized spacial score (nSPS) is 20.4. The Labute approximate surface area is 241 Å². The van der Waals surface area contributed by atoms with Gasteiger partial charge in [0.25, 0.3) is 0 Å². The van der Waals surface area contributed by atoms with E-state index in [9.17, 15) is 0 Å². The second-order valence-corrected chi connectivity index (χ2v) is 11.5. The molecular weight excluding hydrogens is 496 g/mol. The predicted molar refractivity (Wildman–Crippen MR) is 171 cm³/mol. The Morgan fingerprint density at radius 3 is 1.34 bits per heavy atom. The summed E-state index contributed by atoms with van der Waals surface area (Å²) in [4.78, 5) is 0. The van der Waals surface area contributed by atoms with Crippen LogP contribution in [-0.4, -0.2) is 0 Å². The highest BCUT2D eigenvalue weighted by atomic mass is 16.5. The van der Waals surface area contributed by atoms with Gasteiger partial charge in [-0.1, -0.05) is 133 Å². The molecule has 196 valence electrons. The first-order valence-corrected chi connectivity index (χ1v) is 14.4. The van der Waals surface area contributed by atoms with Crippen molar-refractivity contribution in [3.05, 3.63) is 157 Å². The molecule has 6 aromatic carbocycles. The van der Waals surface area contributed by atoms with E-state index in [0.29, 0.717) is 0 Å². The summed E-state index contributed by atoms with van der Waals surface area (Å²) in [7, 11) is 0. The fourth-order valence-corrected chi connectivity index (χ4v) is 7.20. The van der Waals surface area contributed by atoms with E-state index < -0.39 is 11.2 Å². The third-order valence-electron chi connectivity index (χ3n) is 8.90. The summed E-state index contributed by atoms with van der Waals surface area (Å²) in [6.45, 7) is 4.42. The summed E-state index contributed by atoms with van der Waals surface area (Å²) in [5.74, 6) is 0. The van der Waals surface area contributed by atoms with Crippen LogP contribution in [0.4, 0.5) is 0 Å². The third-order valence-corrected chi connectivity index (χ3v) is 8.90. The van der Waals surface area contributed by atoms with Crippen LogP contribution in [0.2, 0.25) is 0 Å². The van der Waals surface area contributed by atoms with Crippen LogP contribution in [0.3, 0.4) is 0 Å². The Balaban J connectivity index is 1.68. The lowest BCUT2D eigenvalue weighted by molar-refractivity contribution is -0.0490. The highest BCUT2D eigenvalue weighted by Gasteiger charge is 2.52. The standard InChI is InChI=1S/C40H30O/c1-39-25-26-40(2,41-39)38-32(39)24-23-31-33(27-15-7-3-8-16-27)34(28-17-9-4-10-18-28)35(29-19-11-5-12-20-29)36(37(31)38)30-21-13-6-14-22-30/h3-26H,1-2H3. The molecule has 2 atom stereocenters. The van der Waals surface area contributed by atoms with Gasteiger partial charge in [0.1, 0.15) is 11.2 Å². The molecule has 0 N–H and O–H groups in total. The summed E-state index contributed by atoms with van der Waals surface area (Å²) >= 11 is 0. The zero-order chi connectivity index (χ0) is 27.6. The van der Waals surface area contributed by atoms with Gasteiger partial charge in [-0.3, -0.25) is 0 Å². The number of hydrogen-bond acceptors (Lipinski definition) is 1. The highest BCUT2D eigenvalue weighted by Crippen LogP contribution is 2.60.